The van der Waals surface area contributed by atoms with Crippen LogP contribution in [-0.4, -0.2) is 10.6 Å². The zero-order valence-electron chi connectivity index (χ0n) is 8.27. The fourth-order valence-corrected chi connectivity index (χ4v) is 2.73. The fourth-order valence-electron chi connectivity index (χ4n) is 1.22. The van der Waals surface area contributed by atoms with Gasteiger partial charge < -0.3 is 0 Å². The third-order valence-corrected chi connectivity index (χ3v) is 3.92. The Balaban J connectivity index is 2.76. The van der Waals surface area contributed by atoms with E-state index in [1.165, 1.54) is 0 Å². The van der Waals surface area contributed by atoms with Gasteiger partial charge in [0.2, 0.25) is 0 Å². The Kier molecular flexibility index (Phi) is 5.30. The summed E-state index contributed by atoms with van der Waals surface area (Å²) in [5.74, 6) is 0.219. The van der Waals surface area contributed by atoms with Crippen molar-refractivity contribution in [3.05, 3.63) is 33.3 Å². The summed E-state index contributed by atoms with van der Waals surface area (Å²) < 4.78 is 0.948. The van der Waals surface area contributed by atoms with Crippen molar-refractivity contribution in [2.45, 2.75) is 24.6 Å². The molecule has 1 nitrogen and oxygen atoms in total. The number of ketones is 1. The summed E-state index contributed by atoms with van der Waals surface area (Å²) in [6.45, 7) is 1.87. The van der Waals surface area contributed by atoms with Crippen LogP contribution in [0.5, 0.6) is 0 Å². The number of halogens is 3. The highest BCUT2D eigenvalue weighted by molar-refractivity contribution is 9.10. The second kappa shape index (κ2) is 6.02. The van der Waals surface area contributed by atoms with Crippen LogP contribution in [0.1, 0.15) is 18.9 Å². The number of rotatable bonds is 4. The maximum absolute atomic E-state index is 11.4. The lowest BCUT2D eigenvalue weighted by Crippen LogP contribution is -2.15. The van der Waals surface area contributed by atoms with E-state index in [1.54, 1.807) is 0 Å². The van der Waals surface area contributed by atoms with E-state index in [-0.39, 0.29) is 10.6 Å². The second-order valence-corrected chi connectivity index (χ2v) is 5.62. The lowest BCUT2D eigenvalue weighted by molar-refractivity contribution is -0.118. The molecule has 0 amide bonds. The SMILES string of the molecule is CCC(=O)C(Br)Cc1ccc(Cl)cc1Br. The lowest BCUT2D eigenvalue weighted by Gasteiger charge is -2.09. The fraction of sp³-hybridized carbons (Fsp3) is 0.364. The minimum atomic E-state index is -0.111. The Bertz CT molecular complexity index is 366. The van der Waals surface area contributed by atoms with Gasteiger partial charge in [0.15, 0.2) is 0 Å². The minimum Gasteiger partial charge on any atom is -0.298 e. The zero-order valence-corrected chi connectivity index (χ0v) is 12.2. The molecule has 1 unspecified atom stereocenters. The highest BCUT2D eigenvalue weighted by Crippen LogP contribution is 2.24. The van der Waals surface area contributed by atoms with E-state index in [4.69, 9.17) is 11.6 Å². The lowest BCUT2D eigenvalue weighted by atomic mass is 10.1. The molecule has 15 heavy (non-hydrogen) atoms. The highest BCUT2D eigenvalue weighted by atomic mass is 79.9. The molecule has 0 fully saturated rings. The highest BCUT2D eigenvalue weighted by Gasteiger charge is 2.14. The number of Topliss-reactive ketones (excluding diaryl/α,β-unsaturated/α-hetero) is 1. The van der Waals surface area contributed by atoms with Crippen LogP contribution in [0.25, 0.3) is 0 Å². The van der Waals surface area contributed by atoms with Gasteiger partial charge in [-0.1, -0.05) is 56.5 Å². The van der Waals surface area contributed by atoms with Crippen molar-refractivity contribution < 1.29 is 4.79 Å². The molecule has 0 aliphatic heterocycles. The first-order chi connectivity index (χ1) is 7.04. The van der Waals surface area contributed by atoms with Gasteiger partial charge in [-0.15, -0.1) is 0 Å². The molecule has 1 atom stereocenters. The van der Waals surface area contributed by atoms with Crippen LogP contribution >= 0.6 is 43.5 Å². The minimum absolute atomic E-state index is 0.111. The number of hydrogen-bond acceptors (Lipinski definition) is 1. The molecule has 0 spiro atoms. The van der Waals surface area contributed by atoms with Crippen LogP contribution in [0.4, 0.5) is 0 Å². The van der Waals surface area contributed by atoms with Gasteiger partial charge in [0.05, 0.1) is 4.83 Å². The predicted molar refractivity (Wildman–Crippen MR) is 70.9 cm³/mol. The number of alkyl halides is 1. The summed E-state index contributed by atoms with van der Waals surface area (Å²) in [6.07, 6.45) is 1.24. The molecule has 1 aromatic rings. The molecule has 1 aromatic carbocycles. The Hall–Kier alpha value is 0.140. The van der Waals surface area contributed by atoms with Gasteiger partial charge in [-0.25, -0.2) is 0 Å². The van der Waals surface area contributed by atoms with Gasteiger partial charge in [0, 0.05) is 15.9 Å². The maximum atomic E-state index is 11.4. The van der Waals surface area contributed by atoms with E-state index < -0.39 is 0 Å². The molecule has 0 N–H and O–H groups in total. The van der Waals surface area contributed by atoms with Crippen molar-refractivity contribution in [3.63, 3.8) is 0 Å². The monoisotopic (exact) mass is 352 g/mol. The Morgan fingerprint density at radius 1 is 1.53 bits per heavy atom. The molecule has 0 saturated heterocycles. The first-order valence-electron chi connectivity index (χ1n) is 4.65. The van der Waals surface area contributed by atoms with Crippen LogP contribution < -0.4 is 0 Å². The number of carbonyl (C=O) groups excluding carboxylic acids is 1. The molecule has 0 aliphatic carbocycles. The normalized spacial score (nSPS) is 12.5. The van der Waals surface area contributed by atoms with Crippen LogP contribution in [0.3, 0.4) is 0 Å². The Labute approximate surface area is 111 Å². The Morgan fingerprint density at radius 2 is 2.20 bits per heavy atom. The average molecular weight is 354 g/mol. The van der Waals surface area contributed by atoms with Gasteiger partial charge in [-0.3, -0.25) is 4.79 Å². The second-order valence-electron chi connectivity index (χ2n) is 3.23. The first-order valence-corrected chi connectivity index (χ1v) is 6.74. The first kappa shape index (κ1) is 13.2. The average Bonchev–Trinajstić information content (AvgIpc) is 2.20. The van der Waals surface area contributed by atoms with Gasteiger partial charge in [-0.2, -0.15) is 0 Å². The van der Waals surface area contributed by atoms with Gasteiger partial charge in [-0.05, 0) is 24.1 Å². The smallest absolute Gasteiger partial charge is 0.146 e. The molecular weight excluding hydrogens is 343 g/mol. The van der Waals surface area contributed by atoms with Crippen molar-refractivity contribution in [2.24, 2.45) is 0 Å². The molecule has 0 heterocycles. The summed E-state index contributed by atoms with van der Waals surface area (Å²) in [7, 11) is 0. The van der Waals surface area contributed by atoms with Crippen molar-refractivity contribution in [3.8, 4) is 0 Å². The van der Waals surface area contributed by atoms with Gasteiger partial charge in [0.25, 0.3) is 0 Å². The van der Waals surface area contributed by atoms with Crippen molar-refractivity contribution in [2.75, 3.05) is 0 Å². The van der Waals surface area contributed by atoms with E-state index in [9.17, 15) is 4.79 Å². The summed E-state index contributed by atoms with van der Waals surface area (Å²) in [4.78, 5) is 11.3. The summed E-state index contributed by atoms with van der Waals surface area (Å²) >= 11 is 12.7. The van der Waals surface area contributed by atoms with E-state index in [0.717, 1.165) is 10.0 Å². The van der Waals surface area contributed by atoms with Crippen LogP contribution in [-0.2, 0) is 11.2 Å². The topological polar surface area (TPSA) is 17.1 Å². The third-order valence-electron chi connectivity index (χ3n) is 2.11. The van der Waals surface area contributed by atoms with E-state index in [0.29, 0.717) is 17.9 Å². The number of benzene rings is 1. The van der Waals surface area contributed by atoms with Crippen LogP contribution in [0.2, 0.25) is 5.02 Å². The van der Waals surface area contributed by atoms with E-state index in [1.807, 2.05) is 25.1 Å². The summed E-state index contributed by atoms with van der Waals surface area (Å²) in [6, 6.07) is 5.61. The largest absolute Gasteiger partial charge is 0.298 e. The van der Waals surface area contributed by atoms with Crippen LogP contribution in [0.15, 0.2) is 22.7 Å². The molecule has 82 valence electrons. The number of hydrogen-bond donors (Lipinski definition) is 0. The molecule has 1 rings (SSSR count). The molecule has 4 heteroatoms. The van der Waals surface area contributed by atoms with Gasteiger partial charge >= 0.3 is 0 Å². The van der Waals surface area contributed by atoms with E-state index in [2.05, 4.69) is 31.9 Å². The third kappa shape index (κ3) is 3.89. The molecule has 0 saturated carbocycles. The zero-order chi connectivity index (χ0) is 11.4. The molecular formula is C11H11Br2ClO. The molecule has 0 bridgehead atoms. The number of carbonyl (C=O) groups is 1. The summed E-state index contributed by atoms with van der Waals surface area (Å²) in [5.41, 5.74) is 1.09. The van der Waals surface area contributed by atoms with E-state index >= 15 is 0 Å². The predicted octanol–water partition coefficient (Wildman–Crippen LogP) is 4.39. The quantitative estimate of drug-likeness (QED) is 0.733. The van der Waals surface area contributed by atoms with Gasteiger partial charge in [0.1, 0.15) is 5.78 Å². The maximum Gasteiger partial charge on any atom is 0.146 e. The summed E-state index contributed by atoms with van der Waals surface area (Å²) in [5, 5.41) is 0.693. The van der Waals surface area contributed by atoms with Crippen molar-refractivity contribution in [1.82, 2.24) is 0 Å². The Morgan fingerprint density at radius 3 is 2.73 bits per heavy atom. The standard InChI is InChI=1S/C11H11Br2ClO/c1-2-11(15)10(13)5-7-3-4-8(14)6-9(7)12/h3-4,6,10H,2,5H2,1H3. The molecule has 0 radical (unpaired) electrons. The molecule has 0 aliphatic rings. The van der Waals surface area contributed by atoms with Crippen LogP contribution in [0, 0.1) is 0 Å². The van der Waals surface area contributed by atoms with Crippen molar-refractivity contribution >= 4 is 49.2 Å². The van der Waals surface area contributed by atoms with Crippen molar-refractivity contribution in [1.29, 1.82) is 0 Å². The molecule has 0 aromatic heterocycles.